The first-order valence-electron chi connectivity index (χ1n) is 5.97. The minimum absolute atomic E-state index is 0.0498. The summed E-state index contributed by atoms with van der Waals surface area (Å²) in [4.78, 5) is 10.6. The first kappa shape index (κ1) is 15.6. The fraction of sp³-hybridized carbons (Fsp3) is 0.636. The molecule has 0 aromatic carbocycles. The summed E-state index contributed by atoms with van der Waals surface area (Å²) in [5.41, 5.74) is 0. The van der Waals surface area contributed by atoms with Crippen LogP contribution in [0.25, 0.3) is 0 Å². The van der Waals surface area contributed by atoms with Crippen LogP contribution in [0.15, 0.2) is 17.3 Å². The lowest BCUT2D eigenvalue weighted by Gasteiger charge is -2.24. The molecule has 0 aliphatic carbocycles. The maximum absolute atomic E-state index is 12.4. The van der Waals surface area contributed by atoms with Gasteiger partial charge in [0.2, 0.25) is 10.0 Å². The van der Waals surface area contributed by atoms with Gasteiger partial charge in [0.1, 0.15) is 4.90 Å². The van der Waals surface area contributed by atoms with Crippen molar-refractivity contribution < 1.29 is 18.3 Å². The predicted molar refractivity (Wildman–Crippen MR) is 69.1 cm³/mol. The van der Waals surface area contributed by atoms with E-state index in [0.717, 1.165) is 0 Å². The van der Waals surface area contributed by atoms with Gasteiger partial charge in [0, 0.05) is 32.3 Å². The van der Waals surface area contributed by atoms with Gasteiger partial charge in [-0.1, -0.05) is 0 Å². The Hall–Kier alpha value is -1.41. The van der Waals surface area contributed by atoms with Crippen LogP contribution in [0.2, 0.25) is 0 Å². The van der Waals surface area contributed by atoms with E-state index in [1.807, 2.05) is 0 Å². The van der Waals surface area contributed by atoms with Crippen LogP contribution < -0.4 is 0 Å². The Balaban J connectivity index is 2.89. The van der Waals surface area contributed by atoms with Crippen LogP contribution in [-0.2, 0) is 21.9 Å². The van der Waals surface area contributed by atoms with Gasteiger partial charge in [-0.15, -0.1) is 0 Å². The molecule has 1 rings (SSSR count). The molecule has 19 heavy (non-hydrogen) atoms. The van der Waals surface area contributed by atoms with E-state index in [1.54, 1.807) is 20.9 Å². The second-order valence-electron chi connectivity index (χ2n) is 4.56. The molecule has 1 N–H and O–H groups in total. The number of aryl methyl sites for hydroxylation is 1. The molecule has 1 aromatic heterocycles. The fourth-order valence-corrected chi connectivity index (χ4v) is 3.37. The van der Waals surface area contributed by atoms with Crippen molar-refractivity contribution in [3.63, 3.8) is 0 Å². The van der Waals surface area contributed by atoms with Crippen molar-refractivity contribution >= 4 is 16.0 Å². The number of nitrogens with zero attached hydrogens (tertiary/aromatic N) is 3. The molecule has 1 heterocycles. The zero-order chi connectivity index (χ0) is 14.6. The lowest BCUT2D eigenvalue weighted by Crippen LogP contribution is -2.37. The van der Waals surface area contributed by atoms with Crippen molar-refractivity contribution in [1.82, 2.24) is 14.1 Å². The zero-order valence-electron chi connectivity index (χ0n) is 11.3. The molecule has 1 aromatic rings. The Morgan fingerprint density at radius 1 is 1.53 bits per heavy atom. The highest BCUT2D eigenvalue weighted by Gasteiger charge is 2.27. The SMILES string of the molecule is CC(C)N(CCCC(=O)O)S(=O)(=O)c1cnn(C)c1. The van der Waals surface area contributed by atoms with Gasteiger partial charge in [-0.3, -0.25) is 9.48 Å². The third kappa shape index (κ3) is 4.03. The first-order chi connectivity index (χ1) is 8.75. The Morgan fingerprint density at radius 2 is 2.16 bits per heavy atom. The second-order valence-corrected chi connectivity index (χ2v) is 6.45. The number of rotatable bonds is 7. The molecule has 108 valence electrons. The van der Waals surface area contributed by atoms with E-state index in [-0.39, 0.29) is 30.3 Å². The van der Waals surface area contributed by atoms with E-state index in [2.05, 4.69) is 5.10 Å². The smallest absolute Gasteiger partial charge is 0.303 e. The van der Waals surface area contributed by atoms with Crippen molar-refractivity contribution in [2.45, 2.75) is 37.6 Å². The lowest BCUT2D eigenvalue weighted by molar-refractivity contribution is -0.137. The Kier molecular flexibility index (Phi) is 5.07. The van der Waals surface area contributed by atoms with Crippen LogP contribution in [-0.4, -0.2) is 46.2 Å². The minimum atomic E-state index is -3.62. The minimum Gasteiger partial charge on any atom is -0.481 e. The molecular formula is C11H19N3O4S. The molecule has 0 amide bonds. The van der Waals surface area contributed by atoms with E-state index >= 15 is 0 Å². The van der Waals surface area contributed by atoms with Crippen LogP contribution in [0.1, 0.15) is 26.7 Å². The number of aromatic nitrogens is 2. The maximum atomic E-state index is 12.4. The molecule has 7 nitrogen and oxygen atoms in total. The van der Waals surface area contributed by atoms with Gasteiger partial charge in [0.05, 0.1) is 6.20 Å². The molecule has 0 spiro atoms. The second kappa shape index (κ2) is 6.16. The van der Waals surface area contributed by atoms with E-state index < -0.39 is 16.0 Å². The summed E-state index contributed by atoms with van der Waals surface area (Å²) in [7, 11) is -1.98. The summed E-state index contributed by atoms with van der Waals surface area (Å²) >= 11 is 0. The van der Waals surface area contributed by atoms with E-state index in [9.17, 15) is 13.2 Å². The summed E-state index contributed by atoms with van der Waals surface area (Å²) in [6.07, 6.45) is 2.96. The highest BCUT2D eigenvalue weighted by Crippen LogP contribution is 2.18. The molecule has 0 aliphatic rings. The van der Waals surface area contributed by atoms with E-state index in [4.69, 9.17) is 5.11 Å². The molecule has 0 saturated heterocycles. The molecule has 0 saturated carbocycles. The Morgan fingerprint density at radius 3 is 2.58 bits per heavy atom. The fourth-order valence-electron chi connectivity index (χ4n) is 1.71. The van der Waals surface area contributed by atoms with Gasteiger partial charge in [-0.25, -0.2) is 8.42 Å². The summed E-state index contributed by atoms with van der Waals surface area (Å²) in [6.45, 7) is 3.70. The van der Waals surface area contributed by atoms with Crippen LogP contribution in [0.4, 0.5) is 0 Å². The van der Waals surface area contributed by atoms with E-state index in [1.165, 1.54) is 21.4 Å². The molecule has 0 atom stereocenters. The molecular weight excluding hydrogens is 270 g/mol. The summed E-state index contributed by atoms with van der Waals surface area (Å²) in [5.74, 6) is -0.928. The van der Waals surface area contributed by atoms with Crippen molar-refractivity contribution in [1.29, 1.82) is 0 Å². The van der Waals surface area contributed by atoms with Crippen LogP contribution in [0.3, 0.4) is 0 Å². The number of carboxylic acids is 1. The van der Waals surface area contributed by atoms with Crippen LogP contribution in [0, 0.1) is 0 Å². The Bertz CT molecular complexity index is 536. The predicted octanol–water partition coefficient (Wildman–Crippen LogP) is 0.684. The molecule has 0 aliphatic heterocycles. The van der Waals surface area contributed by atoms with Gasteiger partial charge in [-0.05, 0) is 20.3 Å². The topological polar surface area (TPSA) is 92.5 Å². The van der Waals surface area contributed by atoms with Gasteiger partial charge in [0.15, 0.2) is 0 Å². The normalized spacial score (nSPS) is 12.3. The third-order valence-corrected chi connectivity index (χ3v) is 4.66. The average Bonchev–Trinajstić information content (AvgIpc) is 2.70. The highest BCUT2D eigenvalue weighted by molar-refractivity contribution is 7.89. The number of hydrogen-bond donors (Lipinski definition) is 1. The van der Waals surface area contributed by atoms with Crippen molar-refractivity contribution in [2.24, 2.45) is 7.05 Å². The number of aliphatic carboxylic acids is 1. The number of carboxylic acid groups (broad SMARTS) is 1. The number of hydrogen-bond acceptors (Lipinski definition) is 4. The number of sulfonamides is 1. The van der Waals surface area contributed by atoms with Gasteiger partial charge >= 0.3 is 5.97 Å². The molecule has 0 radical (unpaired) electrons. The maximum Gasteiger partial charge on any atom is 0.303 e. The van der Waals surface area contributed by atoms with Crippen LogP contribution in [0.5, 0.6) is 0 Å². The standard InChI is InChI=1S/C11H19N3O4S/c1-9(2)14(6-4-5-11(15)16)19(17,18)10-7-12-13(3)8-10/h7-9H,4-6H2,1-3H3,(H,15,16). The number of carbonyl (C=O) groups is 1. The highest BCUT2D eigenvalue weighted by atomic mass is 32.2. The lowest BCUT2D eigenvalue weighted by atomic mass is 10.3. The average molecular weight is 289 g/mol. The summed E-state index contributed by atoms with van der Waals surface area (Å²) in [5, 5.41) is 12.5. The quantitative estimate of drug-likeness (QED) is 0.797. The van der Waals surface area contributed by atoms with Crippen molar-refractivity contribution in [3.05, 3.63) is 12.4 Å². The monoisotopic (exact) mass is 289 g/mol. The zero-order valence-corrected chi connectivity index (χ0v) is 12.1. The summed E-state index contributed by atoms with van der Waals surface area (Å²) in [6, 6.07) is -0.237. The molecule has 0 fully saturated rings. The molecule has 0 unspecified atom stereocenters. The molecule has 0 bridgehead atoms. The van der Waals surface area contributed by atoms with Crippen molar-refractivity contribution in [3.8, 4) is 0 Å². The van der Waals surface area contributed by atoms with Gasteiger partial charge in [-0.2, -0.15) is 9.40 Å². The van der Waals surface area contributed by atoms with Gasteiger partial charge < -0.3 is 5.11 Å². The van der Waals surface area contributed by atoms with Crippen molar-refractivity contribution in [2.75, 3.05) is 6.54 Å². The van der Waals surface area contributed by atoms with E-state index in [0.29, 0.717) is 0 Å². The largest absolute Gasteiger partial charge is 0.481 e. The van der Waals surface area contributed by atoms with Gasteiger partial charge in [0.25, 0.3) is 0 Å². The molecule has 8 heteroatoms. The van der Waals surface area contributed by atoms with Crippen LogP contribution >= 0.6 is 0 Å². The third-order valence-electron chi connectivity index (χ3n) is 2.63. The summed E-state index contributed by atoms with van der Waals surface area (Å²) < 4.78 is 27.5. The Labute approximate surface area is 112 Å². The first-order valence-corrected chi connectivity index (χ1v) is 7.41.